The Hall–Kier alpha value is -2.60. The SMILES string of the molecule is CNc1c(Cl)ncnc1NCc1cn(-c2ccccc2)nc1C. The number of nitrogens with one attached hydrogen (secondary N) is 2. The summed E-state index contributed by atoms with van der Waals surface area (Å²) in [5.41, 5.74) is 3.77. The molecule has 0 saturated heterocycles. The topological polar surface area (TPSA) is 67.7 Å². The van der Waals surface area contributed by atoms with Crippen LogP contribution in [0.25, 0.3) is 5.69 Å². The smallest absolute Gasteiger partial charge is 0.157 e. The number of para-hydroxylation sites is 1. The first-order chi connectivity index (χ1) is 11.2. The summed E-state index contributed by atoms with van der Waals surface area (Å²) in [6, 6.07) is 10.0. The number of benzene rings is 1. The molecule has 23 heavy (non-hydrogen) atoms. The fourth-order valence-electron chi connectivity index (χ4n) is 2.28. The molecular weight excluding hydrogens is 312 g/mol. The van der Waals surface area contributed by atoms with E-state index < -0.39 is 0 Å². The lowest BCUT2D eigenvalue weighted by molar-refractivity contribution is 0.863. The van der Waals surface area contributed by atoms with Crippen molar-refractivity contribution >= 4 is 23.1 Å². The van der Waals surface area contributed by atoms with E-state index in [0.717, 1.165) is 16.9 Å². The Morgan fingerprint density at radius 1 is 1.17 bits per heavy atom. The summed E-state index contributed by atoms with van der Waals surface area (Å²) in [5, 5.41) is 11.2. The minimum absolute atomic E-state index is 0.390. The molecule has 0 unspecified atom stereocenters. The third kappa shape index (κ3) is 3.27. The van der Waals surface area contributed by atoms with Gasteiger partial charge in [-0.05, 0) is 19.1 Å². The second-order valence-electron chi connectivity index (χ2n) is 5.01. The first-order valence-corrected chi connectivity index (χ1v) is 7.59. The van der Waals surface area contributed by atoms with Crippen LogP contribution in [0.2, 0.25) is 5.15 Å². The molecular formula is C16H17ClN6. The molecule has 0 bridgehead atoms. The van der Waals surface area contributed by atoms with Crippen LogP contribution in [0, 0.1) is 6.92 Å². The minimum Gasteiger partial charge on any atom is -0.383 e. The summed E-state index contributed by atoms with van der Waals surface area (Å²) in [4.78, 5) is 8.19. The maximum absolute atomic E-state index is 6.06. The minimum atomic E-state index is 0.390. The normalized spacial score (nSPS) is 10.6. The van der Waals surface area contributed by atoms with Gasteiger partial charge in [-0.1, -0.05) is 29.8 Å². The standard InChI is InChI=1S/C16H17ClN6/c1-11-12(9-23(22-11)13-6-4-3-5-7-13)8-19-16-14(18-2)15(17)20-10-21-16/h3-7,9-10,18H,8H2,1-2H3,(H,19,20,21). The van der Waals surface area contributed by atoms with Gasteiger partial charge in [0.25, 0.3) is 0 Å². The number of hydrogen-bond acceptors (Lipinski definition) is 5. The Morgan fingerprint density at radius 2 is 1.96 bits per heavy atom. The van der Waals surface area contributed by atoms with E-state index in [1.54, 1.807) is 7.05 Å². The highest BCUT2D eigenvalue weighted by atomic mass is 35.5. The molecule has 0 aliphatic heterocycles. The van der Waals surface area contributed by atoms with Crippen LogP contribution in [0.15, 0.2) is 42.9 Å². The summed E-state index contributed by atoms with van der Waals surface area (Å²) < 4.78 is 1.87. The fourth-order valence-corrected chi connectivity index (χ4v) is 2.51. The zero-order valence-corrected chi connectivity index (χ0v) is 13.7. The van der Waals surface area contributed by atoms with E-state index in [1.807, 2.05) is 48.1 Å². The highest BCUT2D eigenvalue weighted by molar-refractivity contribution is 6.32. The van der Waals surface area contributed by atoms with E-state index >= 15 is 0 Å². The van der Waals surface area contributed by atoms with Crippen molar-refractivity contribution in [1.82, 2.24) is 19.7 Å². The predicted octanol–water partition coefficient (Wildman–Crippen LogP) is 3.28. The van der Waals surface area contributed by atoms with Crippen LogP contribution in [-0.4, -0.2) is 26.8 Å². The van der Waals surface area contributed by atoms with Crippen LogP contribution < -0.4 is 10.6 Å². The number of halogens is 1. The fraction of sp³-hybridized carbons (Fsp3) is 0.188. The molecule has 0 radical (unpaired) electrons. The van der Waals surface area contributed by atoms with Gasteiger partial charge >= 0.3 is 0 Å². The molecule has 7 heteroatoms. The van der Waals surface area contributed by atoms with Crippen LogP contribution in [0.3, 0.4) is 0 Å². The molecule has 2 heterocycles. The Balaban J connectivity index is 1.80. The average molecular weight is 329 g/mol. The van der Waals surface area contributed by atoms with E-state index in [4.69, 9.17) is 11.6 Å². The van der Waals surface area contributed by atoms with Gasteiger partial charge in [0, 0.05) is 25.4 Å². The van der Waals surface area contributed by atoms with Crippen LogP contribution in [0.4, 0.5) is 11.5 Å². The van der Waals surface area contributed by atoms with Crippen molar-refractivity contribution in [1.29, 1.82) is 0 Å². The van der Waals surface area contributed by atoms with E-state index in [9.17, 15) is 0 Å². The van der Waals surface area contributed by atoms with Crippen LogP contribution in [-0.2, 0) is 6.54 Å². The quantitative estimate of drug-likeness (QED) is 0.703. The summed E-state index contributed by atoms with van der Waals surface area (Å²) in [6.07, 6.45) is 3.45. The van der Waals surface area contributed by atoms with Gasteiger partial charge in [-0.15, -0.1) is 0 Å². The molecule has 0 saturated carbocycles. The molecule has 3 rings (SSSR count). The second-order valence-corrected chi connectivity index (χ2v) is 5.37. The van der Waals surface area contributed by atoms with Crippen molar-refractivity contribution in [2.45, 2.75) is 13.5 Å². The zero-order valence-electron chi connectivity index (χ0n) is 12.9. The second kappa shape index (κ2) is 6.66. The van der Waals surface area contributed by atoms with Crippen molar-refractivity contribution in [2.75, 3.05) is 17.7 Å². The maximum atomic E-state index is 6.06. The van der Waals surface area contributed by atoms with E-state index in [1.165, 1.54) is 6.33 Å². The van der Waals surface area contributed by atoms with Crippen molar-refractivity contribution in [2.24, 2.45) is 0 Å². The molecule has 6 nitrogen and oxygen atoms in total. The van der Waals surface area contributed by atoms with Gasteiger partial charge in [-0.2, -0.15) is 5.10 Å². The predicted molar refractivity (Wildman–Crippen MR) is 92.2 cm³/mol. The van der Waals surface area contributed by atoms with Gasteiger partial charge in [0.15, 0.2) is 11.0 Å². The van der Waals surface area contributed by atoms with E-state index in [2.05, 4.69) is 25.7 Å². The molecule has 1 aromatic carbocycles. The molecule has 0 amide bonds. The van der Waals surface area contributed by atoms with Crippen LogP contribution in [0.5, 0.6) is 0 Å². The van der Waals surface area contributed by atoms with Gasteiger partial charge < -0.3 is 10.6 Å². The molecule has 3 aromatic rings. The van der Waals surface area contributed by atoms with Gasteiger partial charge in [-0.25, -0.2) is 14.6 Å². The zero-order chi connectivity index (χ0) is 16.2. The number of rotatable bonds is 5. The van der Waals surface area contributed by atoms with E-state index in [0.29, 0.717) is 23.2 Å². The number of aryl methyl sites for hydroxylation is 1. The van der Waals surface area contributed by atoms with Crippen molar-refractivity contribution in [3.63, 3.8) is 0 Å². The van der Waals surface area contributed by atoms with E-state index in [-0.39, 0.29) is 0 Å². The molecule has 0 atom stereocenters. The molecule has 0 spiro atoms. The summed E-state index contributed by atoms with van der Waals surface area (Å²) >= 11 is 6.06. The lowest BCUT2D eigenvalue weighted by Crippen LogP contribution is -2.06. The summed E-state index contributed by atoms with van der Waals surface area (Å²) in [7, 11) is 1.79. The molecule has 0 aliphatic rings. The van der Waals surface area contributed by atoms with Crippen LogP contribution >= 0.6 is 11.6 Å². The van der Waals surface area contributed by atoms with Crippen molar-refractivity contribution < 1.29 is 0 Å². The first-order valence-electron chi connectivity index (χ1n) is 7.21. The van der Waals surface area contributed by atoms with Gasteiger partial charge in [0.2, 0.25) is 0 Å². The number of aromatic nitrogens is 4. The molecule has 2 N–H and O–H groups in total. The first kappa shape index (κ1) is 15.3. The highest BCUT2D eigenvalue weighted by Crippen LogP contribution is 2.26. The maximum Gasteiger partial charge on any atom is 0.157 e. The van der Waals surface area contributed by atoms with Crippen molar-refractivity contribution in [3.8, 4) is 5.69 Å². The lowest BCUT2D eigenvalue weighted by atomic mass is 10.2. The highest BCUT2D eigenvalue weighted by Gasteiger charge is 2.10. The largest absolute Gasteiger partial charge is 0.383 e. The third-order valence-electron chi connectivity index (χ3n) is 3.52. The van der Waals surface area contributed by atoms with Crippen molar-refractivity contribution in [3.05, 3.63) is 59.3 Å². The molecule has 0 fully saturated rings. The number of nitrogens with zero attached hydrogens (tertiary/aromatic N) is 4. The van der Waals surface area contributed by atoms with Crippen LogP contribution in [0.1, 0.15) is 11.3 Å². The molecule has 118 valence electrons. The Morgan fingerprint density at radius 3 is 2.70 bits per heavy atom. The Labute approximate surface area is 139 Å². The summed E-state index contributed by atoms with van der Waals surface area (Å²) in [5.74, 6) is 0.666. The van der Waals surface area contributed by atoms with Gasteiger partial charge in [0.05, 0.1) is 11.4 Å². The Kier molecular flexibility index (Phi) is 4.43. The lowest BCUT2D eigenvalue weighted by Gasteiger charge is -2.10. The average Bonchev–Trinajstić information content (AvgIpc) is 2.95. The third-order valence-corrected chi connectivity index (χ3v) is 3.81. The van der Waals surface area contributed by atoms with Gasteiger partial charge in [-0.3, -0.25) is 0 Å². The van der Waals surface area contributed by atoms with Gasteiger partial charge in [0.1, 0.15) is 12.0 Å². The molecule has 2 aromatic heterocycles. The molecule has 0 aliphatic carbocycles. The summed E-state index contributed by atoms with van der Waals surface area (Å²) in [6.45, 7) is 2.59. The Bertz CT molecular complexity index is 800. The number of anilines is 2. The monoisotopic (exact) mass is 328 g/mol. The number of hydrogen-bond donors (Lipinski definition) is 2.